The molecule has 1 aliphatic heterocycles. The Hall–Kier alpha value is -4.04. The summed E-state index contributed by atoms with van der Waals surface area (Å²) < 4.78 is 19.6. The zero-order chi connectivity index (χ0) is 29.9. The number of halogens is 2. The Morgan fingerprint density at radius 3 is 2.45 bits per heavy atom. The molecule has 0 saturated heterocycles. The van der Waals surface area contributed by atoms with Crippen LogP contribution in [0, 0.1) is 0 Å². The highest BCUT2D eigenvalue weighted by atomic mass is 35.5. The van der Waals surface area contributed by atoms with E-state index < -0.39 is 23.8 Å². The van der Waals surface area contributed by atoms with Gasteiger partial charge in [0.25, 0.3) is 0 Å². The van der Waals surface area contributed by atoms with E-state index in [2.05, 4.69) is 0 Å². The minimum Gasteiger partial charge on any atom is -0.496 e. The van der Waals surface area contributed by atoms with E-state index in [1.807, 2.05) is 48.0 Å². The molecule has 4 aromatic carbocycles. The smallest absolute Gasteiger partial charge is 0.331 e. The van der Waals surface area contributed by atoms with E-state index in [-0.39, 0.29) is 5.43 Å². The van der Waals surface area contributed by atoms with Gasteiger partial charge in [0.1, 0.15) is 23.2 Å². The van der Waals surface area contributed by atoms with Crippen molar-refractivity contribution in [3.8, 4) is 11.5 Å². The molecule has 0 unspecified atom stereocenters. The number of methoxy groups -OCH3 is 1. The number of carbonyl (C=O) groups is 1. The third-order valence-electron chi connectivity index (χ3n) is 7.76. The maximum atomic E-state index is 14.0. The maximum absolute atomic E-state index is 14.0. The van der Waals surface area contributed by atoms with Gasteiger partial charge in [-0.05, 0) is 60.5 Å². The summed E-state index contributed by atoms with van der Waals surface area (Å²) >= 11 is 12.1. The van der Waals surface area contributed by atoms with Crippen LogP contribution in [0.5, 0.6) is 11.5 Å². The number of nitrogens with zero attached hydrogens (tertiary/aromatic N) is 1. The monoisotopic (exact) mass is 603 g/mol. The lowest BCUT2D eigenvalue weighted by molar-refractivity contribution is -0.171. The Morgan fingerprint density at radius 2 is 1.76 bits per heavy atom. The lowest BCUT2D eigenvalue weighted by Crippen LogP contribution is -2.51. The van der Waals surface area contributed by atoms with Crippen molar-refractivity contribution < 1.29 is 24.1 Å². The first-order valence-electron chi connectivity index (χ1n) is 13.3. The second-order valence-electron chi connectivity index (χ2n) is 10.8. The molecule has 0 aliphatic carbocycles. The first-order chi connectivity index (χ1) is 20.0. The Balaban J connectivity index is 1.49. The average molecular weight is 604 g/mol. The number of aromatic nitrogens is 1. The number of esters is 1. The number of aryl methyl sites for hydroxylation is 1. The van der Waals surface area contributed by atoms with Gasteiger partial charge in [0.05, 0.1) is 39.1 Å². The number of aliphatic hydroxyl groups excluding tert-OH is 1. The van der Waals surface area contributed by atoms with Crippen LogP contribution < -0.4 is 14.9 Å². The second-order valence-corrected chi connectivity index (χ2v) is 11.6. The zero-order valence-corrected chi connectivity index (χ0v) is 24.8. The minimum absolute atomic E-state index is 0.237. The lowest BCUT2D eigenvalue weighted by Gasteiger charge is -2.42. The number of rotatable bonds is 4. The van der Waals surface area contributed by atoms with Crippen molar-refractivity contribution in [3.63, 3.8) is 0 Å². The minimum atomic E-state index is -1.32. The summed E-state index contributed by atoms with van der Waals surface area (Å²) in [5, 5.41) is 15.3. The summed E-state index contributed by atoms with van der Waals surface area (Å²) in [5.74, 6) is -0.0260. The number of hydrogen-bond acceptors (Lipinski definition) is 6. The van der Waals surface area contributed by atoms with Gasteiger partial charge < -0.3 is 23.9 Å². The largest absolute Gasteiger partial charge is 0.496 e. The zero-order valence-electron chi connectivity index (χ0n) is 23.3. The van der Waals surface area contributed by atoms with Crippen molar-refractivity contribution in [2.24, 2.45) is 7.05 Å². The van der Waals surface area contributed by atoms with Crippen molar-refractivity contribution in [2.45, 2.75) is 31.7 Å². The third kappa shape index (κ3) is 4.58. The highest BCUT2D eigenvalue weighted by Crippen LogP contribution is 2.47. The van der Waals surface area contributed by atoms with Crippen LogP contribution in [0.15, 0.2) is 71.5 Å². The van der Waals surface area contributed by atoms with Gasteiger partial charge in [0.15, 0.2) is 6.10 Å². The SMILES string of the molecule is COc1cc2c(c3c1c(=O)c1cc4ccccc4cc1n3C)[C@H](O)[C@H](OC(=O)C=Cc1ccc(Cl)c(Cl)c1)C(C)(C)O2. The predicted molar refractivity (Wildman–Crippen MR) is 166 cm³/mol. The number of hydrogen-bond donors (Lipinski definition) is 1. The highest BCUT2D eigenvalue weighted by Gasteiger charge is 2.47. The molecule has 1 aliphatic rings. The fraction of sp³-hybridized carbons (Fsp3) is 0.212. The number of carbonyl (C=O) groups excluding carboxylic acids is 1. The Bertz CT molecular complexity index is 2010. The quantitative estimate of drug-likeness (QED) is 0.135. The average Bonchev–Trinajstić information content (AvgIpc) is 2.96. The van der Waals surface area contributed by atoms with Gasteiger partial charge in [-0.3, -0.25) is 4.79 Å². The summed E-state index contributed by atoms with van der Waals surface area (Å²) in [6.45, 7) is 3.45. The van der Waals surface area contributed by atoms with Gasteiger partial charge in [0, 0.05) is 24.6 Å². The van der Waals surface area contributed by atoms with Gasteiger partial charge in [-0.15, -0.1) is 0 Å². The second kappa shape index (κ2) is 10.3. The number of fused-ring (bicyclic) bond motifs is 5. The molecule has 1 N–H and O–H groups in total. The van der Waals surface area contributed by atoms with Crippen LogP contribution in [0.3, 0.4) is 0 Å². The maximum Gasteiger partial charge on any atom is 0.331 e. The molecule has 2 heterocycles. The lowest BCUT2D eigenvalue weighted by atomic mass is 9.86. The van der Waals surface area contributed by atoms with E-state index >= 15 is 0 Å². The van der Waals surface area contributed by atoms with Crippen LogP contribution in [0.1, 0.15) is 31.1 Å². The van der Waals surface area contributed by atoms with Gasteiger partial charge in [-0.25, -0.2) is 4.79 Å². The molecule has 42 heavy (non-hydrogen) atoms. The molecular formula is C33H27Cl2NO6. The van der Waals surface area contributed by atoms with E-state index in [1.54, 1.807) is 44.2 Å². The summed E-state index contributed by atoms with van der Waals surface area (Å²) in [4.78, 5) is 26.9. The molecule has 0 fully saturated rings. The fourth-order valence-electron chi connectivity index (χ4n) is 5.70. The molecule has 7 nitrogen and oxygen atoms in total. The molecule has 0 saturated carbocycles. The molecule has 0 spiro atoms. The van der Waals surface area contributed by atoms with Crippen molar-refractivity contribution >= 4 is 67.8 Å². The first-order valence-corrected chi connectivity index (χ1v) is 14.0. The van der Waals surface area contributed by atoms with Crippen LogP contribution in [0.4, 0.5) is 0 Å². The molecular weight excluding hydrogens is 577 g/mol. The summed E-state index contributed by atoms with van der Waals surface area (Å²) in [7, 11) is 3.31. The molecule has 0 amide bonds. The fourth-order valence-corrected chi connectivity index (χ4v) is 6.01. The summed E-state index contributed by atoms with van der Waals surface area (Å²) in [6.07, 6.45) is 0.373. The number of ether oxygens (including phenoxy) is 3. The molecule has 9 heteroatoms. The van der Waals surface area contributed by atoms with Gasteiger partial charge >= 0.3 is 5.97 Å². The Kier molecular flexibility index (Phi) is 6.92. The van der Waals surface area contributed by atoms with Crippen molar-refractivity contribution in [1.29, 1.82) is 0 Å². The van der Waals surface area contributed by atoms with Crippen LogP contribution >= 0.6 is 23.2 Å². The molecule has 6 rings (SSSR count). The predicted octanol–water partition coefficient (Wildman–Crippen LogP) is 6.99. The molecule has 5 aromatic rings. The van der Waals surface area contributed by atoms with Crippen molar-refractivity contribution in [3.05, 3.63) is 98.1 Å². The Morgan fingerprint density at radius 1 is 1.05 bits per heavy atom. The number of aliphatic hydroxyl groups is 1. The van der Waals surface area contributed by atoms with Gasteiger partial charge in [-0.1, -0.05) is 53.5 Å². The molecule has 0 radical (unpaired) electrons. The van der Waals surface area contributed by atoms with Gasteiger partial charge in [-0.2, -0.15) is 0 Å². The first kappa shape index (κ1) is 28.1. The van der Waals surface area contributed by atoms with Crippen LogP contribution in [-0.4, -0.2) is 34.5 Å². The van der Waals surface area contributed by atoms with Crippen molar-refractivity contribution in [2.75, 3.05) is 7.11 Å². The molecule has 1 aromatic heterocycles. The highest BCUT2D eigenvalue weighted by molar-refractivity contribution is 6.42. The molecule has 2 atom stereocenters. The Labute approximate surface area is 251 Å². The number of pyridine rings is 1. The third-order valence-corrected chi connectivity index (χ3v) is 8.50. The van der Waals surface area contributed by atoms with Gasteiger partial charge in [0.2, 0.25) is 5.43 Å². The summed E-state index contributed by atoms with van der Waals surface area (Å²) in [6, 6.07) is 18.2. The summed E-state index contributed by atoms with van der Waals surface area (Å²) in [5.41, 5.74) is 0.747. The van der Waals surface area contributed by atoms with E-state index in [0.29, 0.717) is 54.5 Å². The van der Waals surface area contributed by atoms with E-state index in [1.165, 1.54) is 13.2 Å². The van der Waals surface area contributed by atoms with E-state index in [4.69, 9.17) is 37.4 Å². The molecule has 0 bridgehead atoms. The van der Waals surface area contributed by atoms with Crippen LogP contribution in [0.25, 0.3) is 38.7 Å². The van der Waals surface area contributed by atoms with Crippen molar-refractivity contribution in [1.82, 2.24) is 4.57 Å². The van der Waals surface area contributed by atoms with E-state index in [9.17, 15) is 14.7 Å². The van der Waals surface area contributed by atoms with Crippen LogP contribution in [-0.2, 0) is 16.6 Å². The van der Waals surface area contributed by atoms with E-state index in [0.717, 1.165) is 10.8 Å². The topological polar surface area (TPSA) is 87.0 Å². The molecule has 214 valence electrons. The number of benzene rings is 4. The van der Waals surface area contributed by atoms with Crippen LogP contribution in [0.2, 0.25) is 10.0 Å². The normalized spacial score (nSPS) is 17.9. The standard InChI is InChI=1S/C33H27Cl2NO6/c1-33(2)32(41-26(37)12-10-17-9-11-21(34)22(35)13-17)31(39)28-25(42-33)16-24(40-4)27-29(28)36(3)23-15-19-8-6-5-7-18(19)14-20(23)30(27)38/h5-16,31-32,39H,1-4H3/t31-,32-/m0/s1.